The molecule has 5 bridgehead atoms. The van der Waals surface area contributed by atoms with Gasteiger partial charge in [0.1, 0.15) is 30.0 Å². The van der Waals surface area contributed by atoms with Gasteiger partial charge in [0.25, 0.3) is 0 Å². The first kappa shape index (κ1) is 30.6. The minimum atomic E-state index is -1.24. The monoisotopic (exact) mass is 565 g/mol. The normalized spacial score (nSPS) is 30.7. The number of hydrazine groups is 1. The number of cyclic esters (lactones) is 1. The summed E-state index contributed by atoms with van der Waals surface area (Å²) in [7, 11) is 0. The zero-order valence-electron chi connectivity index (χ0n) is 24.7. The first-order valence-corrected chi connectivity index (χ1v) is 14.7. The second-order valence-corrected chi connectivity index (χ2v) is 12.2. The second kappa shape index (κ2) is 13.1. The number of benzene rings is 1. The van der Waals surface area contributed by atoms with E-state index in [1.165, 1.54) is 0 Å². The Morgan fingerprint density at radius 2 is 1.85 bits per heavy atom. The number of nitrogens with one attached hydrogen (secondary N) is 3. The Labute approximate surface area is 241 Å². The Balaban J connectivity index is 1.62. The molecular weight excluding hydrogens is 522 g/mol. The molecule has 2 amide bonds. The summed E-state index contributed by atoms with van der Waals surface area (Å²) in [5.41, 5.74) is 3.77. The summed E-state index contributed by atoms with van der Waals surface area (Å²) in [6, 6.07) is 6.65. The first-order valence-electron chi connectivity index (χ1n) is 14.7. The summed E-state index contributed by atoms with van der Waals surface area (Å²) in [5.74, 6) is -1.46. The van der Waals surface area contributed by atoms with Gasteiger partial charge in [0, 0.05) is 36.3 Å². The lowest BCUT2D eigenvalue weighted by Gasteiger charge is -2.38. The van der Waals surface area contributed by atoms with Crippen molar-refractivity contribution in [1.82, 2.24) is 26.1 Å². The fourth-order valence-corrected chi connectivity index (χ4v) is 5.46. The average molecular weight is 566 g/mol. The molecule has 0 saturated carbocycles. The quantitative estimate of drug-likeness (QED) is 0.374. The van der Waals surface area contributed by atoms with Crippen molar-refractivity contribution in [2.45, 2.75) is 90.4 Å². The van der Waals surface area contributed by atoms with Crippen molar-refractivity contribution in [2.75, 3.05) is 13.1 Å². The van der Waals surface area contributed by atoms with Crippen molar-refractivity contribution < 1.29 is 23.9 Å². The number of aryl methyl sites for hydroxylation is 1. The molecule has 6 atom stereocenters. The van der Waals surface area contributed by atoms with E-state index >= 15 is 0 Å². The minimum Gasteiger partial charge on any atom is -0.457 e. The van der Waals surface area contributed by atoms with Crippen molar-refractivity contribution >= 4 is 34.8 Å². The number of esters is 1. The molecule has 41 heavy (non-hydrogen) atoms. The Morgan fingerprint density at radius 1 is 1.07 bits per heavy atom. The van der Waals surface area contributed by atoms with Crippen LogP contribution in [0.5, 0.6) is 0 Å². The van der Waals surface area contributed by atoms with E-state index < -0.39 is 29.6 Å². The zero-order chi connectivity index (χ0) is 29.7. The summed E-state index contributed by atoms with van der Waals surface area (Å²) >= 11 is 0. The van der Waals surface area contributed by atoms with Gasteiger partial charge in [-0.05, 0) is 75.0 Å². The Bertz CT molecular complexity index is 1280. The van der Waals surface area contributed by atoms with Crippen molar-refractivity contribution in [1.29, 1.82) is 0 Å². The minimum absolute atomic E-state index is 0.151. The third kappa shape index (κ3) is 7.68. The maximum absolute atomic E-state index is 13.3. The van der Waals surface area contributed by atoms with Gasteiger partial charge in [-0.2, -0.15) is 0 Å². The van der Waals surface area contributed by atoms with Crippen LogP contribution in [0.1, 0.15) is 77.7 Å². The van der Waals surface area contributed by atoms with Crippen LogP contribution in [0, 0.1) is 11.8 Å². The fraction of sp³-hybridized carbons (Fsp3) is 0.581. The predicted molar refractivity (Wildman–Crippen MR) is 155 cm³/mol. The molecule has 2 aromatic rings. The largest absolute Gasteiger partial charge is 0.457 e. The molecule has 1 unspecified atom stereocenters. The number of carbonyl (C=O) groups is 4. The lowest BCUT2D eigenvalue weighted by molar-refractivity contribution is -0.154. The number of pyridine rings is 1. The van der Waals surface area contributed by atoms with E-state index in [-0.39, 0.29) is 30.3 Å². The van der Waals surface area contributed by atoms with Gasteiger partial charge < -0.3 is 20.2 Å². The number of hydrogen-bond acceptors (Lipinski definition) is 8. The SMILES string of the molecule is CC(C)[C@@H]1NC(=O)[C@H](C)CCCc2cc3cc(ccc3cn2)[C@@H](C)OC(=O)[C@@H]2CCCN(C[C@](C)(C=O)NC1=O)N2. The first-order chi connectivity index (χ1) is 19.5. The molecule has 222 valence electrons. The van der Waals surface area contributed by atoms with Crippen LogP contribution in [0.15, 0.2) is 30.5 Å². The van der Waals surface area contributed by atoms with Crippen molar-refractivity contribution in [2.24, 2.45) is 11.8 Å². The number of amides is 2. The van der Waals surface area contributed by atoms with E-state index in [0.29, 0.717) is 32.1 Å². The van der Waals surface area contributed by atoms with Gasteiger partial charge >= 0.3 is 5.97 Å². The van der Waals surface area contributed by atoms with Crippen molar-refractivity contribution in [3.05, 3.63) is 41.7 Å². The van der Waals surface area contributed by atoms with Crippen LogP contribution < -0.4 is 16.1 Å². The van der Waals surface area contributed by atoms with Crippen LogP contribution in [0.25, 0.3) is 10.8 Å². The van der Waals surface area contributed by atoms with Crippen LogP contribution in [0.2, 0.25) is 0 Å². The Morgan fingerprint density at radius 3 is 2.59 bits per heavy atom. The van der Waals surface area contributed by atoms with Gasteiger partial charge in [-0.15, -0.1) is 0 Å². The highest BCUT2D eigenvalue weighted by Crippen LogP contribution is 2.25. The van der Waals surface area contributed by atoms with E-state index in [1.54, 1.807) is 11.9 Å². The second-order valence-electron chi connectivity index (χ2n) is 12.2. The molecule has 2 aliphatic heterocycles. The molecule has 2 aliphatic rings. The van der Waals surface area contributed by atoms with Crippen LogP contribution >= 0.6 is 0 Å². The molecule has 0 spiro atoms. The van der Waals surface area contributed by atoms with Crippen LogP contribution in [0.3, 0.4) is 0 Å². The summed E-state index contributed by atoms with van der Waals surface area (Å²) < 4.78 is 5.87. The van der Waals surface area contributed by atoms with Gasteiger partial charge in [-0.3, -0.25) is 19.4 Å². The van der Waals surface area contributed by atoms with E-state index in [2.05, 4.69) is 21.0 Å². The molecule has 3 N–H and O–H groups in total. The number of carbonyl (C=O) groups excluding carboxylic acids is 4. The Hall–Kier alpha value is -3.37. The van der Waals surface area contributed by atoms with E-state index in [1.807, 2.05) is 58.2 Å². The molecular formula is C31H43N5O5. The maximum atomic E-state index is 13.3. The number of aromatic nitrogens is 1. The smallest absolute Gasteiger partial charge is 0.325 e. The molecule has 3 heterocycles. The summed E-state index contributed by atoms with van der Waals surface area (Å²) in [5, 5.41) is 9.56. The number of ether oxygens (including phenoxy) is 1. The van der Waals surface area contributed by atoms with Gasteiger partial charge in [0.2, 0.25) is 11.8 Å². The molecule has 10 heteroatoms. The van der Waals surface area contributed by atoms with E-state index in [0.717, 1.165) is 34.9 Å². The van der Waals surface area contributed by atoms with Crippen LogP contribution in [-0.4, -0.2) is 64.8 Å². The number of nitrogens with zero attached hydrogens (tertiary/aromatic N) is 2. The molecule has 10 nitrogen and oxygen atoms in total. The number of aldehydes is 1. The molecule has 4 rings (SSSR count). The molecule has 1 fully saturated rings. The number of fused-ring (bicyclic) bond motifs is 4. The van der Waals surface area contributed by atoms with Gasteiger partial charge in [0.05, 0.1) is 0 Å². The average Bonchev–Trinajstić information content (AvgIpc) is 2.94. The predicted octanol–water partition coefficient (Wildman–Crippen LogP) is 3.00. The van der Waals surface area contributed by atoms with Crippen molar-refractivity contribution in [3.8, 4) is 0 Å². The van der Waals surface area contributed by atoms with E-state index in [9.17, 15) is 19.2 Å². The van der Waals surface area contributed by atoms with Crippen molar-refractivity contribution in [3.63, 3.8) is 0 Å². The van der Waals surface area contributed by atoms with Crippen LogP contribution in [0.4, 0.5) is 0 Å². The summed E-state index contributed by atoms with van der Waals surface area (Å²) in [6.07, 6.45) is 5.51. The molecule has 0 aliphatic carbocycles. The van der Waals surface area contributed by atoms with Crippen LogP contribution in [-0.2, 0) is 30.3 Å². The number of rotatable bonds is 2. The van der Waals surface area contributed by atoms with E-state index in [4.69, 9.17) is 4.74 Å². The van der Waals surface area contributed by atoms with Gasteiger partial charge in [-0.25, -0.2) is 10.4 Å². The standard InChI is InChI=1S/C31H43N5O5/c1-19(2)27-29(39)34-31(5,18-37)17-36-13-7-10-26(35-36)30(40)41-21(4)22-11-12-23-16-32-25(15-24(23)14-22)9-6-8-20(3)28(38)33-27/h11-12,14-16,18-21,26-27,35H,6-10,13,17H2,1-5H3,(H,33,38)(H,34,39)/t20-,21-,26+,27+,31-/m1/s1. The molecule has 1 aromatic heterocycles. The summed E-state index contributed by atoms with van der Waals surface area (Å²) in [6.45, 7) is 9.83. The molecule has 1 saturated heterocycles. The van der Waals surface area contributed by atoms with Gasteiger partial charge in [0.15, 0.2) is 0 Å². The lowest BCUT2D eigenvalue weighted by atomic mass is 9.97. The number of hydrogen-bond donors (Lipinski definition) is 3. The zero-order valence-corrected chi connectivity index (χ0v) is 24.7. The molecule has 1 aromatic carbocycles. The lowest BCUT2D eigenvalue weighted by Crippen LogP contribution is -2.64. The third-order valence-electron chi connectivity index (χ3n) is 8.06. The fourth-order valence-electron chi connectivity index (χ4n) is 5.46. The third-order valence-corrected chi connectivity index (χ3v) is 8.06. The topological polar surface area (TPSA) is 130 Å². The highest BCUT2D eigenvalue weighted by atomic mass is 16.5. The highest BCUT2D eigenvalue weighted by Gasteiger charge is 2.36. The van der Waals surface area contributed by atoms with Gasteiger partial charge in [-0.1, -0.05) is 32.9 Å². The maximum Gasteiger partial charge on any atom is 0.325 e. The molecule has 0 radical (unpaired) electrons. The highest BCUT2D eigenvalue weighted by molar-refractivity contribution is 5.90. The Kier molecular flexibility index (Phi) is 9.76. The summed E-state index contributed by atoms with van der Waals surface area (Å²) in [4.78, 5) is 56.4.